The number of morpholine rings is 1. The quantitative estimate of drug-likeness (QED) is 0.629. The average molecular weight is 247 g/mol. The number of nitrogens with two attached hydrogens (primary N) is 1. The summed E-state index contributed by atoms with van der Waals surface area (Å²) in [7, 11) is 0. The average Bonchev–Trinajstić information content (AvgIpc) is 2.34. The Kier molecular flexibility index (Phi) is 3.99. The lowest BCUT2D eigenvalue weighted by molar-refractivity contribution is -0.0526. The summed E-state index contributed by atoms with van der Waals surface area (Å²) in [5.74, 6) is 0.138. The van der Waals surface area contributed by atoms with Crippen molar-refractivity contribution in [2.75, 3.05) is 13.2 Å². The highest BCUT2D eigenvalue weighted by Crippen LogP contribution is 2.17. The Morgan fingerprint density at radius 3 is 2.89 bits per heavy atom. The predicted molar refractivity (Wildman–Crippen MR) is 72.7 cm³/mol. The van der Waals surface area contributed by atoms with Crippen LogP contribution in [-0.2, 0) is 11.3 Å². The van der Waals surface area contributed by atoms with Crippen molar-refractivity contribution < 1.29 is 4.74 Å². The van der Waals surface area contributed by atoms with Gasteiger partial charge in [-0.3, -0.25) is 10.3 Å². The number of hydrogen-bond acceptors (Lipinski definition) is 3. The van der Waals surface area contributed by atoms with E-state index in [0.717, 1.165) is 30.8 Å². The van der Waals surface area contributed by atoms with Gasteiger partial charge in [0.05, 0.1) is 12.7 Å². The molecular weight excluding hydrogens is 226 g/mol. The number of rotatable bonds is 3. The van der Waals surface area contributed by atoms with Gasteiger partial charge in [0.15, 0.2) is 0 Å². The highest BCUT2D eigenvalue weighted by Gasteiger charge is 2.24. The molecule has 1 aromatic carbocycles. The number of benzene rings is 1. The molecule has 2 atom stereocenters. The van der Waals surface area contributed by atoms with Crippen LogP contribution in [0.2, 0.25) is 0 Å². The van der Waals surface area contributed by atoms with Gasteiger partial charge < -0.3 is 10.5 Å². The molecule has 0 amide bonds. The Hall–Kier alpha value is -1.39. The molecular formula is C14H21N3O. The van der Waals surface area contributed by atoms with Crippen LogP contribution in [0.4, 0.5) is 0 Å². The molecule has 0 aliphatic carbocycles. The van der Waals surface area contributed by atoms with Gasteiger partial charge in [-0.1, -0.05) is 24.3 Å². The van der Waals surface area contributed by atoms with Crippen LogP contribution in [0, 0.1) is 5.41 Å². The van der Waals surface area contributed by atoms with Crippen LogP contribution in [0.25, 0.3) is 0 Å². The maximum Gasteiger partial charge on any atom is 0.123 e. The van der Waals surface area contributed by atoms with E-state index in [1.807, 2.05) is 24.3 Å². The molecule has 1 aliphatic heterocycles. The minimum atomic E-state index is 0.138. The smallest absolute Gasteiger partial charge is 0.123 e. The molecule has 2 rings (SSSR count). The van der Waals surface area contributed by atoms with Crippen LogP contribution in [-0.4, -0.2) is 36.0 Å². The summed E-state index contributed by atoms with van der Waals surface area (Å²) in [5.41, 5.74) is 7.58. The zero-order chi connectivity index (χ0) is 13.1. The van der Waals surface area contributed by atoms with Gasteiger partial charge in [-0.2, -0.15) is 0 Å². The number of amidine groups is 1. The van der Waals surface area contributed by atoms with Crippen LogP contribution < -0.4 is 5.73 Å². The van der Waals surface area contributed by atoms with E-state index in [-0.39, 0.29) is 11.9 Å². The number of ether oxygens (including phenoxy) is 1. The molecule has 0 saturated carbocycles. The Morgan fingerprint density at radius 2 is 2.17 bits per heavy atom. The van der Waals surface area contributed by atoms with Gasteiger partial charge in [0.25, 0.3) is 0 Å². The SMILES string of the molecule is CC1CN(Cc2ccccc2C(=N)N)C(C)CO1. The molecule has 2 unspecified atom stereocenters. The fourth-order valence-corrected chi connectivity index (χ4v) is 2.33. The van der Waals surface area contributed by atoms with Crippen molar-refractivity contribution in [1.29, 1.82) is 5.41 Å². The van der Waals surface area contributed by atoms with Gasteiger partial charge >= 0.3 is 0 Å². The number of nitrogen functional groups attached to an aromatic ring is 1. The largest absolute Gasteiger partial charge is 0.384 e. The number of nitrogens with zero attached hydrogens (tertiary/aromatic N) is 1. The third-order valence-electron chi connectivity index (χ3n) is 3.42. The summed E-state index contributed by atoms with van der Waals surface area (Å²) in [6, 6.07) is 8.28. The van der Waals surface area contributed by atoms with Crippen molar-refractivity contribution in [2.45, 2.75) is 32.5 Å². The molecule has 1 aliphatic rings. The fourth-order valence-electron chi connectivity index (χ4n) is 2.33. The Balaban J connectivity index is 2.15. The van der Waals surface area contributed by atoms with E-state index < -0.39 is 0 Å². The Morgan fingerprint density at radius 1 is 1.44 bits per heavy atom. The summed E-state index contributed by atoms with van der Waals surface area (Å²) < 4.78 is 5.63. The van der Waals surface area contributed by atoms with E-state index in [1.165, 1.54) is 0 Å². The van der Waals surface area contributed by atoms with Crippen molar-refractivity contribution in [3.8, 4) is 0 Å². The summed E-state index contributed by atoms with van der Waals surface area (Å²) in [6.07, 6.45) is 0.269. The molecule has 1 heterocycles. The van der Waals surface area contributed by atoms with E-state index in [2.05, 4.69) is 18.7 Å². The lowest BCUT2D eigenvalue weighted by Crippen LogP contribution is -2.46. The zero-order valence-electron chi connectivity index (χ0n) is 11.0. The first kappa shape index (κ1) is 13.1. The van der Waals surface area contributed by atoms with Crippen LogP contribution in [0.15, 0.2) is 24.3 Å². The fraction of sp³-hybridized carbons (Fsp3) is 0.500. The highest BCUT2D eigenvalue weighted by molar-refractivity contribution is 5.96. The number of nitrogens with one attached hydrogen (secondary N) is 1. The third-order valence-corrected chi connectivity index (χ3v) is 3.42. The van der Waals surface area contributed by atoms with Crippen molar-refractivity contribution >= 4 is 5.84 Å². The Labute approximate surface area is 108 Å². The maximum absolute atomic E-state index is 7.62. The van der Waals surface area contributed by atoms with Gasteiger partial charge in [-0.15, -0.1) is 0 Å². The van der Waals surface area contributed by atoms with Crippen molar-refractivity contribution in [1.82, 2.24) is 4.90 Å². The minimum absolute atomic E-state index is 0.138. The van der Waals surface area contributed by atoms with E-state index in [1.54, 1.807) is 0 Å². The van der Waals surface area contributed by atoms with Gasteiger partial charge in [-0.25, -0.2) is 0 Å². The normalized spacial score (nSPS) is 25.0. The van der Waals surface area contributed by atoms with E-state index in [4.69, 9.17) is 15.9 Å². The van der Waals surface area contributed by atoms with Crippen molar-refractivity contribution in [3.05, 3.63) is 35.4 Å². The van der Waals surface area contributed by atoms with E-state index in [9.17, 15) is 0 Å². The molecule has 3 N–H and O–H groups in total. The van der Waals surface area contributed by atoms with Gasteiger partial charge in [0.1, 0.15) is 5.84 Å². The second-order valence-electron chi connectivity index (χ2n) is 4.99. The molecule has 0 radical (unpaired) electrons. The zero-order valence-corrected chi connectivity index (χ0v) is 11.0. The highest BCUT2D eigenvalue weighted by atomic mass is 16.5. The van der Waals surface area contributed by atoms with E-state index in [0.29, 0.717) is 6.04 Å². The maximum atomic E-state index is 7.62. The molecule has 0 aromatic heterocycles. The van der Waals surface area contributed by atoms with Crippen LogP contribution >= 0.6 is 0 Å². The van der Waals surface area contributed by atoms with Crippen LogP contribution in [0.3, 0.4) is 0 Å². The topological polar surface area (TPSA) is 62.3 Å². The summed E-state index contributed by atoms with van der Waals surface area (Å²) in [5, 5.41) is 7.62. The standard InChI is InChI=1S/C14H21N3O/c1-10-9-18-11(2)7-17(10)8-12-5-3-4-6-13(12)14(15)16/h3-6,10-11H,7-9H2,1-2H3,(H3,15,16). The lowest BCUT2D eigenvalue weighted by atomic mass is 10.0. The third kappa shape index (κ3) is 2.89. The molecule has 4 nitrogen and oxygen atoms in total. The van der Waals surface area contributed by atoms with Gasteiger partial charge in [0.2, 0.25) is 0 Å². The van der Waals surface area contributed by atoms with Crippen LogP contribution in [0.1, 0.15) is 25.0 Å². The first-order chi connectivity index (χ1) is 8.58. The molecule has 18 heavy (non-hydrogen) atoms. The molecule has 1 aromatic rings. The Bertz CT molecular complexity index is 433. The van der Waals surface area contributed by atoms with Gasteiger partial charge in [-0.05, 0) is 19.4 Å². The molecule has 1 fully saturated rings. The minimum Gasteiger partial charge on any atom is -0.384 e. The summed E-state index contributed by atoms with van der Waals surface area (Å²) in [4.78, 5) is 2.38. The first-order valence-corrected chi connectivity index (χ1v) is 6.36. The molecule has 4 heteroatoms. The van der Waals surface area contributed by atoms with Crippen molar-refractivity contribution in [3.63, 3.8) is 0 Å². The molecule has 0 bridgehead atoms. The first-order valence-electron chi connectivity index (χ1n) is 6.36. The second kappa shape index (κ2) is 5.50. The number of hydrogen-bond donors (Lipinski definition) is 2. The summed E-state index contributed by atoms with van der Waals surface area (Å²) in [6.45, 7) is 6.78. The second-order valence-corrected chi connectivity index (χ2v) is 4.99. The molecule has 1 saturated heterocycles. The predicted octanol–water partition coefficient (Wildman–Crippen LogP) is 1.58. The van der Waals surface area contributed by atoms with Crippen molar-refractivity contribution in [2.24, 2.45) is 5.73 Å². The summed E-state index contributed by atoms with van der Waals surface area (Å²) >= 11 is 0. The lowest BCUT2D eigenvalue weighted by Gasteiger charge is -2.37. The molecule has 98 valence electrons. The van der Waals surface area contributed by atoms with E-state index >= 15 is 0 Å². The van der Waals surface area contributed by atoms with Gasteiger partial charge in [0, 0.05) is 24.7 Å². The monoisotopic (exact) mass is 247 g/mol. The van der Waals surface area contributed by atoms with Crippen LogP contribution in [0.5, 0.6) is 0 Å². The molecule has 0 spiro atoms.